The number of carbonyl (C=O) groups is 2. The fourth-order valence-corrected chi connectivity index (χ4v) is 7.34. The first-order valence-corrected chi connectivity index (χ1v) is 12.4. The lowest BCUT2D eigenvalue weighted by molar-refractivity contribution is -0.362. The van der Waals surface area contributed by atoms with Crippen LogP contribution in [0.1, 0.15) is 38.7 Å². The number of hydrogen-bond donors (Lipinski definition) is 1. The van der Waals surface area contributed by atoms with Crippen LogP contribution in [0.3, 0.4) is 0 Å². The maximum atomic E-state index is 13.7. The van der Waals surface area contributed by atoms with E-state index >= 15 is 0 Å². The molecule has 1 aromatic carbocycles. The van der Waals surface area contributed by atoms with Crippen LogP contribution in [-0.4, -0.2) is 59.5 Å². The van der Waals surface area contributed by atoms with E-state index in [2.05, 4.69) is 5.32 Å². The highest BCUT2D eigenvalue weighted by atomic mass is 32.2. The van der Waals surface area contributed by atoms with Gasteiger partial charge in [-0.25, -0.2) is 8.42 Å². The zero-order valence-corrected chi connectivity index (χ0v) is 18.4. The molecule has 1 N–H and O–H groups in total. The lowest BCUT2D eigenvalue weighted by Gasteiger charge is -2.62. The Morgan fingerprint density at radius 1 is 1.26 bits per heavy atom. The van der Waals surface area contributed by atoms with Gasteiger partial charge < -0.3 is 15.4 Å². The molecule has 2 bridgehead atoms. The molecule has 9 heteroatoms. The minimum Gasteiger partial charge on any atom is -0.618 e. The first kappa shape index (κ1) is 19.0. The maximum Gasteiger partial charge on any atom is 0.253 e. The van der Waals surface area contributed by atoms with Gasteiger partial charge in [0, 0.05) is 24.8 Å². The van der Waals surface area contributed by atoms with Gasteiger partial charge in [-0.05, 0) is 51.3 Å². The van der Waals surface area contributed by atoms with Gasteiger partial charge in [-0.15, -0.1) is 0 Å². The number of piperidine rings is 2. The van der Waals surface area contributed by atoms with E-state index in [0.717, 1.165) is 17.4 Å². The summed E-state index contributed by atoms with van der Waals surface area (Å²) in [7, 11) is -3.48. The number of amides is 2. The summed E-state index contributed by atoms with van der Waals surface area (Å²) < 4.78 is 24.9. The van der Waals surface area contributed by atoms with E-state index in [4.69, 9.17) is 0 Å². The Kier molecular flexibility index (Phi) is 3.19. The Bertz CT molecular complexity index is 1290. The molecular formula is C22H23N3O5S. The molecule has 4 saturated heterocycles. The molecule has 162 valence electrons. The van der Waals surface area contributed by atoms with Crippen LogP contribution in [0, 0.1) is 16.5 Å². The largest absolute Gasteiger partial charge is 0.618 e. The van der Waals surface area contributed by atoms with Crippen molar-refractivity contribution < 1.29 is 22.7 Å². The third-order valence-corrected chi connectivity index (χ3v) is 9.25. The van der Waals surface area contributed by atoms with Crippen molar-refractivity contribution in [1.29, 1.82) is 0 Å². The fourth-order valence-electron chi connectivity index (χ4n) is 6.70. The standard InChI is InChI=1S/C22H23N3O5S/c1-20(2)16-11-21-7-4-8-24(21)19(27)22(16,23-18(21)26)10-14-13-6-5-12(31(3,29)30)9-15(13)25(28)17(14)20/h5-6,9-10,16H,4,7-8,11H2,1-3H3,(H,23,26)/t16-,21?,22-/m0/s1. The predicted molar refractivity (Wildman–Crippen MR) is 112 cm³/mol. The second kappa shape index (κ2) is 5.20. The van der Waals surface area contributed by atoms with E-state index < -0.39 is 26.3 Å². The molecule has 3 atom stereocenters. The molecule has 8 nitrogen and oxygen atoms in total. The number of nitrogens with one attached hydrogen (secondary N) is 1. The third-order valence-electron chi connectivity index (χ3n) is 8.14. The minimum atomic E-state index is -3.48. The van der Waals surface area contributed by atoms with Gasteiger partial charge in [-0.1, -0.05) is 0 Å². The zero-order chi connectivity index (χ0) is 22.1. The normalized spacial score (nSPS) is 34.7. The van der Waals surface area contributed by atoms with Crippen LogP contribution in [0.15, 0.2) is 29.2 Å². The summed E-state index contributed by atoms with van der Waals surface area (Å²) in [5.74, 6) is -0.473. The van der Waals surface area contributed by atoms with E-state index in [0.29, 0.717) is 36.2 Å². The lowest BCUT2D eigenvalue weighted by Crippen LogP contribution is -2.83. The zero-order valence-electron chi connectivity index (χ0n) is 17.6. The summed E-state index contributed by atoms with van der Waals surface area (Å²) in [6.45, 7) is 4.47. The molecule has 31 heavy (non-hydrogen) atoms. The third kappa shape index (κ3) is 1.97. The molecule has 5 heterocycles. The highest BCUT2D eigenvalue weighted by Crippen LogP contribution is 2.60. The Labute approximate surface area is 180 Å². The average Bonchev–Trinajstić information content (AvgIpc) is 3.24. The van der Waals surface area contributed by atoms with Gasteiger partial charge in [0.15, 0.2) is 9.84 Å². The van der Waals surface area contributed by atoms with Crippen LogP contribution >= 0.6 is 0 Å². The van der Waals surface area contributed by atoms with Gasteiger partial charge in [0.2, 0.25) is 17.3 Å². The highest BCUT2D eigenvalue weighted by molar-refractivity contribution is 7.90. The Morgan fingerprint density at radius 2 is 2.00 bits per heavy atom. The van der Waals surface area contributed by atoms with Crippen molar-refractivity contribution in [2.45, 2.75) is 49.1 Å². The van der Waals surface area contributed by atoms with Crippen LogP contribution in [0.5, 0.6) is 0 Å². The number of nitrogens with zero attached hydrogens (tertiary/aromatic N) is 2. The molecule has 2 amide bonds. The summed E-state index contributed by atoms with van der Waals surface area (Å²) >= 11 is 0. The van der Waals surface area contributed by atoms with Crippen LogP contribution in [0.25, 0.3) is 5.57 Å². The van der Waals surface area contributed by atoms with Crippen LogP contribution in [0.4, 0.5) is 5.69 Å². The molecular weight excluding hydrogens is 418 g/mol. The van der Waals surface area contributed by atoms with Gasteiger partial charge in [0.25, 0.3) is 5.91 Å². The Morgan fingerprint density at radius 3 is 2.71 bits per heavy atom. The number of piperazine rings is 1. The molecule has 4 fully saturated rings. The van der Waals surface area contributed by atoms with E-state index in [-0.39, 0.29) is 28.3 Å². The molecule has 1 unspecified atom stereocenters. The molecule has 0 saturated carbocycles. The first-order chi connectivity index (χ1) is 14.4. The van der Waals surface area contributed by atoms with Gasteiger partial charge >= 0.3 is 0 Å². The van der Waals surface area contributed by atoms with Crippen LogP contribution < -0.4 is 5.32 Å². The molecule has 0 aromatic heterocycles. The number of hydrogen-bond acceptors (Lipinski definition) is 5. The summed E-state index contributed by atoms with van der Waals surface area (Å²) in [4.78, 5) is 28.7. The van der Waals surface area contributed by atoms with Gasteiger partial charge in [0.05, 0.1) is 21.4 Å². The van der Waals surface area contributed by atoms with E-state index in [1.54, 1.807) is 17.0 Å². The average molecular weight is 442 g/mol. The lowest BCUT2D eigenvalue weighted by atomic mass is 9.51. The molecule has 1 aromatic rings. The topological polar surface area (TPSA) is 110 Å². The van der Waals surface area contributed by atoms with Gasteiger partial charge in [-0.3, -0.25) is 9.59 Å². The van der Waals surface area contributed by atoms with Crippen molar-refractivity contribution in [2.75, 3.05) is 12.8 Å². The number of carbonyl (C=O) groups excluding carboxylic acids is 2. The summed E-state index contributed by atoms with van der Waals surface area (Å²) in [5.41, 5.74) is -0.740. The molecule has 7 rings (SSSR count). The summed E-state index contributed by atoms with van der Waals surface area (Å²) in [6, 6.07) is 4.51. The highest BCUT2D eigenvalue weighted by Gasteiger charge is 2.73. The number of benzene rings is 1. The number of fused-ring (bicyclic) bond motifs is 4. The van der Waals surface area contributed by atoms with Crippen molar-refractivity contribution in [3.05, 3.63) is 35.0 Å². The second-order valence-corrected chi connectivity index (χ2v) is 12.1. The van der Waals surface area contributed by atoms with Crippen molar-refractivity contribution >= 4 is 38.6 Å². The van der Waals surface area contributed by atoms with Crippen molar-refractivity contribution in [3.63, 3.8) is 0 Å². The van der Waals surface area contributed by atoms with E-state index in [1.807, 2.05) is 13.8 Å². The number of allylic oxidation sites excluding steroid dienone is 1. The first-order valence-electron chi connectivity index (χ1n) is 10.5. The van der Waals surface area contributed by atoms with Crippen molar-refractivity contribution in [2.24, 2.45) is 11.3 Å². The van der Waals surface area contributed by atoms with Crippen LogP contribution in [0.2, 0.25) is 0 Å². The maximum absolute atomic E-state index is 13.7. The minimum absolute atomic E-state index is 0.0742. The van der Waals surface area contributed by atoms with Crippen molar-refractivity contribution in [3.8, 4) is 0 Å². The van der Waals surface area contributed by atoms with Crippen LogP contribution in [-0.2, 0) is 19.4 Å². The quantitative estimate of drug-likeness (QED) is 0.523. The predicted octanol–water partition coefficient (Wildman–Crippen LogP) is 1.36. The molecule has 1 aliphatic carbocycles. The number of sulfone groups is 1. The Balaban J connectivity index is 1.63. The van der Waals surface area contributed by atoms with E-state index in [9.17, 15) is 23.2 Å². The molecule has 0 radical (unpaired) electrons. The van der Waals surface area contributed by atoms with Gasteiger partial charge in [-0.2, -0.15) is 4.74 Å². The van der Waals surface area contributed by atoms with E-state index in [1.165, 1.54) is 12.1 Å². The monoisotopic (exact) mass is 441 g/mol. The van der Waals surface area contributed by atoms with Gasteiger partial charge in [0.1, 0.15) is 11.1 Å². The molecule has 6 aliphatic rings. The van der Waals surface area contributed by atoms with Crippen molar-refractivity contribution in [1.82, 2.24) is 10.2 Å². The second-order valence-electron chi connectivity index (χ2n) is 10.0. The molecule has 2 spiro atoms. The molecule has 5 aliphatic heterocycles. The summed E-state index contributed by atoms with van der Waals surface area (Å²) in [5, 5.41) is 16.5. The summed E-state index contributed by atoms with van der Waals surface area (Å²) in [6.07, 6.45) is 4.81. The smallest absolute Gasteiger partial charge is 0.253 e. The fraction of sp³-hybridized carbons (Fsp3) is 0.500. The Hall–Kier alpha value is -2.68. The SMILES string of the molecule is CC1(C)C2=[N+]([O-])c3cc(S(C)(=O)=O)ccc3C2=C[C@@]23NC(=O)C4(CCCN4C2=O)C[C@@H]13. The number of rotatable bonds is 1.